The molecule has 1 atom stereocenters. The molecule has 2 N–H and O–H groups in total. The first-order chi connectivity index (χ1) is 16.8. The van der Waals surface area contributed by atoms with E-state index in [2.05, 4.69) is 67.9 Å². The van der Waals surface area contributed by atoms with Crippen LogP contribution in [0.15, 0.2) is 42.6 Å². The fourth-order valence-corrected chi connectivity index (χ4v) is 5.60. The number of hydrogen-bond donors (Lipinski definition) is 2. The molecule has 8 nitrogen and oxygen atoms in total. The molecule has 3 aromatic rings. The first kappa shape index (κ1) is 23.2. The average molecular weight is 486 g/mol. The Morgan fingerprint density at radius 3 is 2.86 bits per heavy atom. The molecule has 1 aliphatic carbocycles. The molecule has 5 rings (SSSR count). The van der Waals surface area contributed by atoms with E-state index >= 15 is 0 Å². The van der Waals surface area contributed by atoms with E-state index in [0.29, 0.717) is 34.5 Å². The quantitative estimate of drug-likeness (QED) is 0.496. The van der Waals surface area contributed by atoms with Crippen molar-refractivity contribution in [3.8, 4) is 6.07 Å². The molecule has 0 saturated carbocycles. The predicted molar refractivity (Wildman–Crippen MR) is 140 cm³/mol. The molecule has 0 radical (unpaired) electrons. The van der Waals surface area contributed by atoms with Crippen molar-refractivity contribution in [2.75, 3.05) is 37.6 Å². The van der Waals surface area contributed by atoms with E-state index in [1.54, 1.807) is 31.5 Å². The van der Waals surface area contributed by atoms with Gasteiger partial charge in [-0.3, -0.25) is 0 Å². The monoisotopic (exact) mass is 485 g/mol. The summed E-state index contributed by atoms with van der Waals surface area (Å²) in [4.78, 5) is 15.7. The minimum absolute atomic E-state index is 0.295. The largest absolute Gasteiger partial charge is 0.324 e. The molecule has 1 aliphatic heterocycles. The van der Waals surface area contributed by atoms with Crippen molar-refractivity contribution >= 4 is 41.9 Å². The van der Waals surface area contributed by atoms with Crippen LogP contribution in [0.5, 0.6) is 0 Å². The van der Waals surface area contributed by atoms with Gasteiger partial charge in [-0.05, 0) is 80.1 Å². The number of aromatic nitrogens is 3. The van der Waals surface area contributed by atoms with Crippen molar-refractivity contribution in [1.29, 1.82) is 5.26 Å². The summed E-state index contributed by atoms with van der Waals surface area (Å²) in [5.74, 6) is 1.74. The number of allylic oxidation sites excluding steroid dienone is 1. The summed E-state index contributed by atoms with van der Waals surface area (Å²) in [5.41, 5.74) is 5.75. The number of hydrogen-bond acceptors (Lipinski definition) is 8. The molecular weight excluding hydrogens is 457 g/mol. The average Bonchev–Trinajstić information content (AvgIpc) is 3.01. The second-order valence-electron chi connectivity index (χ2n) is 9.56. The maximum Gasteiger partial charge on any atom is 0.229 e. The van der Waals surface area contributed by atoms with Gasteiger partial charge in [0.15, 0.2) is 5.82 Å². The van der Waals surface area contributed by atoms with Gasteiger partial charge in [-0.15, -0.1) is 0 Å². The highest BCUT2D eigenvalue weighted by atomic mass is 31.2. The highest BCUT2D eigenvalue weighted by molar-refractivity contribution is 7.69. The lowest BCUT2D eigenvalue weighted by molar-refractivity contribution is 0.275. The van der Waals surface area contributed by atoms with Crippen molar-refractivity contribution in [3.63, 3.8) is 0 Å². The van der Waals surface area contributed by atoms with Gasteiger partial charge in [-0.2, -0.15) is 10.2 Å². The van der Waals surface area contributed by atoms with Gasteiger partial charge in [-0.25, -0.2) is 9.97 Å². The Kier molecular flexibility index (Phi) is 6.14. The second-order valence-corrected chi connectivity index (χ2v) is 12.7. The fourth-order valence-electron chi connectivity index (χ4n) is 4.81. The summed E-state index contributed by atoms with van der Waals surface area (Å²) in [5, 5.41) is 16.0. The highest BCUT2D eigenvalue weighted by Gasteiger charge is 2.27. The molecule has 1 unspecified atom stereocenters. The van der Waals surface area contributed by atoms with Crippen LogP contribution in [-0.4, -0.2) is 46.8 Å². The number of anilines is 4. The maximum atomic E-state index is 12.4. The smallest absolute Gasteiger partial charge is 0.229 e. The fraction of sp³-hybridized carbons (Fsp3) is 0.308. The van der Waals surface area contributed by atoms with Crippen molar-refractivity contribution in [2.45, 2.75) is 25.3 Å². The lowest BCUT2D eigenvalue weighted by Crippen LogP contribution is -2.30. The minimum atomic E-state index is -2.52. The summed E-state index contributed by atoms with van der Waals surface area (Å²) in [6.07, 6.45) is 8.22. The van der Waals surface area contributed by atoms with E-state index in [9.17, 15) is 9.83 Å². The van der Waals surface area contributed by atoms with Gasteiger partial charge in [0.05, 0.1) is 6.20 Å². The summed E-state index contributed by atoms with van der Waals surface area (Å²) in [6.45, 7) is 5.35. The number of nitriles is 1. The molecule has 2 aliphatic rings. The van der Waals surface area contributed by atoms with Crippen molar-refractivity contribution in [3.05, 3.63) is 64.9 Å². The maximum absolute atomic E-state index is 12.4. The van der Waals surface area contributed by atoms with Crippen molar-refractivity contribution < 1.29 is 4.57 Å². The minimum Gasteiger partial charge on any atom is -0.324 e. The van der Waals surface area contributed by atoms with Crippen LogP contribution < -0.4 is 16.1 Å². The molecule has 9 heteroatoms. The Labute approximate surface area is 205 Å². The molecule has 3 heterocycles. The normalized spacial score (nSPS) is 17.3. The molecule has 35 heavy (non-hydrogen) atoms. The Morgan fingerprint density at radius 1 is 1.20 bits per heavy atom. The van der Waals surface area contributed by atoms with E-state index in [-0.39, 0.29) is 0 Å². The van der Waals surface area contributed by atoms with Crippen molar-refractivity contribution in [2.24, 2.45) is 0 Å². The zero-order chi connectivity index (χ0) is 24.6. The van der Waals surface area contributed by atoms with Crippen LogP contribution in [0.4, 0.5) is 23.3 Å². The van der Waals surface area contributed by atoms with Crippen LogP contribution in [0, 0.1) is 11.3 Å². The van der Waals surface area contributed by atoms with Gasteiger partial charge < -0.3 is 20.1 Å². The SMILES string of the molecule is CN1Cc2cc(Nc3ncc(C#N)c(Nc4cccc(P(C)(C)=O)n4)n3)cc3c2C(CCC=C3)C1. The van der Waals surface area contributed by atoms with Gasteiger partial charge >= 0.3 is 0 Å². The van der Waals surface area contributed by atoms with Gasteiger partial charge in [0.25, 0.3) is 0 Å². The van der Waals surface area contributed by atoms with E-state index < -0.39 is 7.14 Å². The van der Waals surface area contributed by atoms with Gasteiger partial charge in [0.1, 0.15) is 30.0 Å². The molecule has 0 bridgehead atoms. The number of benzene rings is 1. The van der Waals surface area contributed by atoms with E-state index in [1.807, 2.05) is 0 Å². The zero-order valence-electron chi connectivity index (χ0n) is 20.1. The molecule has 0 fully saturated rings. The number of rotatable bonds is 5. The molecule has 0 amide bonds. The number of nitrogens with one attached hydrogen (secondary N) is 2. The summed E-state index contributed by atoms with van der Waals surface area (Å²) in [7, 11) is -0.351. The van der Waals surface area contributed by atoms with Gasteiger partial charge in [0.2, 0.25) is 5.95 Å². The summed E-state index contributed by atoms with van der Waals surface area (Å²) >= 11 is 0. The Morgan fingerprint density at radius 2 is 2.06 bits per heavy atom. The Bertz CT molecular complexity index is 1410. The van der Waals surface area contributed by atoms with Crippen LogP contribution in [0.2, 0.25) is 0 Å². The first-order valence-electron chi connectivity index (χ1n) is 11.7. The lowest BCUT2D eigenvalue weighted by atomic mass is 9.84. The van der Waals surface area contributed by atoms with E-state index in [0.717, 1.165) is 25.2 Å². The van der Waals surface area contributed by atoms with Gasteiger partial charge in [-0.1, -0.05) is 18.2 Å². The summed E-state index contributed by atoms with van der Waals surface area (Å²) in [6, 6.07) is 11.7. The van der Waals surface area contributed by atoms with Crippen LogP contribution in [0.3, 0.4) is 0 Å². The van der Waals surface area contributed by atoms with Gasteiger partial charge in [0, 0.05) is 18.8 Å². The topological polar surface area (TPSA) is 107 Å². The molecular formula is C26H28N7OP. The van der Waals surface area contributed by atoms with Crippen molar-refractivity contribution in [1.82, 2.24) is 19.9 Å². The Hall–Kier alpha value is -3.53. The molecule has 0 spiro atoms. The van der Waals surface area contributed by atoms with Crippen LogP contribution >= 0.6 is 7.14 Å². The molecule has 0 saturated heterocycles. The second kappa shape index (κ2) is 9.26. The first-order valence-corrected chi connectivity index (χ1v) is 14.3. The number of pyridine rings is 1. The third-order valence-electron chi connectivity index (χ3n) is 6.36. The number of likely N-dealkylation sites (N-methyl/N-ethyl adjacent to an activating group) is 1. The molecule has 1 aromatic carbocycles. The Balaban J connectivity index is 1.46. The van der Waals surface area contributed by atoms with Crippen LogP contribution in [0.1, 0.15) is 41.0 Å². The molecule has 2 aromatic heterocycles. The van der Waals surface area contributed by atoms with Crippen LogP contribution in [0.25, 0.3) is 6.08 Å². The predicted octanol–water partition coefficient (Wildman–Crippen LogP) is 4.81. The van der Waals surface area contributed by atoms with Crippen LogP contribution in [-0.2, 0) is 11.1 Å². The molecule has 178 valence electrons. The van der Waals surface area contributed by atoms with E-state index in [1.165, 1.54) is 29.3 Å². The number of nitrogens with zero attached hydrogens (tertiary/aromatic N) is 5. The van der Waals surface area contributed by atoms with E-state index in [4.69, 9.17) is 0 Å². The summed E-state index contributed by atoms with van der Waals surface area (Å²) < 4.78 is 12.4. The third-order valence-corrected chi connectivity index (χ3v) is 7.71. The highest BCUT2D eigenvalue weighted by Crippen LogP contribution is 2.39. The lowest BCUT2D eigenvalue weighted by Gasteiger charge is -2.33. The standard InChI is InChI=1S/C26H28N7OP/c1-33-15-18-8-5-4-7-17-11-21(12-19(16-33)24(17)18)29-26-28-14-20(13-27)25(32-26)31-22-9-6-10-23(30-22)35(2,3)34/h4,6-7,9-12,14,18H,5,8,15-16H2,1-3H3,(H2,28,29,30,31,32). The zero-order valence-corrected chi connectivity index (χ0v) is 21.0. The third kappa shape index (κ3) is 4.97.